The van der Waals surface area contributed by atoms with E-state index in [0.29, 0.717) is 6.54 Å². The lowest BCUT2D eigenvalue weighted by atomic mass is 9.95. The normalized spacial score (nSPS) is 20.0. The molecule has 1 amide bonds. The van der Waals surface area contributed by atoms with Gasteiger partial charge in [-0.05, 0) is 24.5 Å². The van der Waals surface area contributed by atoms with Gasteiger partial charge in [-0.1, -0.05) is 24.3 Å². The summed E-state index contributed by atoms with van der Waals surface area (Å²) in [6.07, 6.45) is 0.799. The van der Waals surface area contributed by atoms with Crippen molar-refractivity contribution >= 4 is 5.91 Å². The van der Waals surface area contributed by atoms with Gasteiger partial charge in [0.1, 0.15) is 0 Å². The molecular formula is C14H20N2O2. The van der Waals surface area contributed by atoms with E-state index in [4.69, 9.17) is 4.74 Å². The van der Waals surface area contributed by atoms with Crippen LogP contribution < -0.4 is 10.6 Å². The van der Waals surface area contributed by atoms with Gasteiger partial charge < -0.3 is 15.4 Å². The molecule has 98 valence electrons. The number of ether oxygens (including phenoxy) is 1. The first-order valence-electron chi connectivity index (χ1n) is 6.31. The van der Waals surface area contributed by atoms with Crippen LogP contribution in [-0.2, 0) is 22.5 Å². The van der Waals surface area contributed by atoms with Gasteiger partial charge in [-0.3, -0.25) is 4.79 Å². The van der Waals surface area contributed by atoms with Gasteiger partial charge in [0.05, 0.1) is 12.1 Å². The molecule has 0 aliphatic carbocycles. The molecule has 2 atom stereocenters. The SMILES string of the molecule is COC(C)CNC(=O)[C@@H]1Cc2ccccc2CN1. The van der Waals surface area contributed by atoms with Crippen molar-refractivity contribution in [1.82, 2.24) is 10.6 Å². The molecule has 0 fully saturated rings. The van der Waals surface area contributed by atoms with E-state index in [2.05, 4.69) is 22.8 Å². The van der Waals surface area contributed by atoms with Gasteiger partial charge in [-0.15, -0.1) is 0 Å². The standard InChI is InChI=1S/C14H20N2O2/c1-10(18-2)8-16-14(17)13-7-11-5-3-4-6-12(11)9-15-13/h3-6,10,13,15H,7-9H2,1-2H3,(H,16,17)/t10?,13-/m0/s1. The molecule has 4 nitrogen and oxygen atoms in total. The van der Waals surface area contributed by atoms with Crippen molar-refractivity contribution in [2.45, 2.75) is 32.0 Å². The molecule has 0 aromatic heterocycles. The second-order valence-electron chi connectivity index (χ2n) is 4.70. The van der Waals surface area contributed by atoms with Gasteiger partial charge in [0.15, 0.2) is 0 Å². The molecule has 2 rings (SSSR count). The highest BCUT2D eigenvalue weighted by molar-refractivity contribution is 5.82. The maximum atomic E-state index is 12.0. The zero-order chi connectivity index (χ0) is 13.0. The molecule has 1 heterocycles. The van der Waals surface area contributed by atoms with Crippen LogP contribution in [0.5, 0.6) is 0 Å². The van der Waals surface area contributed by atoms with Gasteiger partial charge in [0.2, 0.25) is 5.91 Å². The van der Waals surface area contributed by atoms with E-state index >= 15 is 0 Å². The fourth-order valence-corrected chi connectivity index (χ4v) is 2.09. The summed E-state index contributed by atoms with van der Waals surface area (Å²) in [4.78, 5) is 12.0. The van der Waals surface area contributed by atoms with Gasteiger partial charge >= 0.3 is 0 Å². The average molecular weight is 248 g/mol. The summed E-state index contributed by atoms with van der Waals surface area (Å²) in [5, 5.41) is 6.17. The number of carbonyl (C=O) groups excluding carboxylic acids is 1. The predicted molar refractivity (Wildman–Crippen MR) is 70.3 cm³/mol. The number of fused-ring (bicyclic) bond motifs is 1. The number of rotatable bonds is 4. The van der Waals surface area contributed by atoms with E-state index < -0.39 is 0 Å². The number of methoxy groups -OCH3 is 1. The lowest BCUT2D eigenvalue weighted by molar-refractivity contribution is -0.123. The average Bonchev–Trinajstić information content (AvgIpc) is 2.43. The largest absolute Gasteiger partial charge is 0.380 e. The summed E-state index contributed by atoms with van der Waals surface area (Å²) in [7, 11) is 1.64. The Hall–Kier alpha value is -1.39. The van der Waals surface area contributed by atoms with Crippen molar-refractivity contribution in [1.29, 1.82) is 0 Å². The van der Waals surface area contributed by atoms with Crippen molar-refractivity contribution in [2.75, 3.05) is 13.7 Å². The number of benzene rings is 1. The maximum Gasteiger partial charge on any atom is 0.237 e. The van der Waals surface area contributed by atoms with Crippen molar-refractivity contribution in [2.24, 2.45) is 0 Å². The van der Waals surface area contributed by atoms with Crippen LogP contribution in [0.1, 0.15) is 18.1 Å². The molecule has 0 saturated heterocycles. The van der Waals surface area contributed by atoms with Crippen LogP contribution in [-0.4, -0.2) is 31.7 Å². The lowest BCUT2D eigenvalue weighted by Gasteiger charge is -2.25. The summed E-state index contributed by atoms with van der Waals surface area (Å²) in [6, 6.07) is 8.11. The molecule has 1 aliphatic rings. The van der Waals surface area contributed by atoms with Crippen LogP contribution in [0, 0.1) is 0 Å². The Bertz CT molecular complexity index is 420. The summed E-state index contributed by atoms with van der Waals surface area (Å²) in [5.74, 6) is 0.0494. The number of amides is 1. The smallest absolute Gasteiger partial charge is 0.237 e. The first kappa shape index (κ1) is 13.1. The molecule has 1 aromatic rings. The highest BCUT2D eigenvalue weighted by Crippen LogP contribution is 2.16. The molecule has 0 bridgehead atoms. The van der Waals surface area contributed by atoms with Crippen LogP contribution >= 0.6 is 0 Å². The molecular weight excluding hydrogens is 228 g/mol. The van der Waals surface area contributed by atoms with Gasteiger partial charge in [0.25, 0.3) is 0 Å². The Morgan fingerprint density at radius 3 is 2.94 bits per heavy atom. The molecule has 0 saturated carbocycles. The molecule has 18 heavy (non-hydrogen) atoms. The lowest BCUT2D eigenvalue weighted by Crippen LogP contribution is -2.49. The number of hydrogen-bond acceptors (Lipinski definition) is 3. The molecule has 0 radical (unpaired) electrons. The van der Waals surface area contributed by atoms with Crippen LogP contribution in [0.3, 0.4) is 0 Å². The molecule has 2 N–H and O–H groups in total. The van der Waals surface area contributed by atoms with Crippen molar-refractivity contribution in [3.63, 3.8) is 0 Å². The summed E-state index contributed by atoms with van der Waals surface area (Å²) >= 11 is 0. The van der Waals surface area contributed by atoms with E-state index in [1.807, 2.05) is 19.1 Å². The van der Waals surface area contributed by atoms with E-state index in [9.17, 15) is 4.79 Å². The van der Waals surface area contributed by atoms with Gasteiger partial charge in [-0.2, -0.15) is 0 Å². The van der Waals surface area contributed by atoms with Crippen molar-refractivity contribution < 1.29 is 9.53 Å². The zero-order valence-electron chi connectivity index (χ0n) is 10.9. The quantitative estimate of drug-likeness (QED) is 0.830. The summed E-state index contributed by atoms with van der Waals surface area (Å²) in [5.41, 5.74) is 2.54. The monoisotopic (exact) mass is 248 g/mol. The molecule has 0 spiro atoms. The van der Waals surface area contributed by atoms with E-state index in [1.54, 1.807) is 7.11 Å². The van der Waals surface area contributed by atoms with Crippen LogP contribution in [0.25, 0.3) is 0 Å². The molecule has 1 unspecified atom stereocenters. The van der Waals surface area contributed by atoms with E-state index in [1.165, 1.54) is 11.1 Å². The Morgan fingerprint density at radius 1 is 1.50 bits per heavy atom. The molecule has 1 aliphatic heterocycles. The second kappa shape index (κ2) is 5.98. The second-order valence-corrected chi connectivity index (χ2v) is 4.70. The Balaban J connectivity index is 1.90. The van der Waals surface area contributed by atoms with Gasteiger partial charge in [-0.25, -0.2) is 0 Å². The zero-order valence-corrected chi connectivity index (χ0v) is 10.9. The Morgan fingerprint density at radius 2 is 2.22 bits per heavy atom. The van der Waals surface area contributed by atoms with Gasteiger partial charge in [0, 0.05) is 20.2 Å². The van der Waals surface area contributed by atoms with Crippen molar-refractivity contribution in [3.8, 4) is 0 Å². The third-order valence-corrected chi connectivity index (χ3v) is 3.36. The van der Waals surface area contributed by atoms with E-state index in [0.717, 1.165) is 13.0 Å². The molecule has 1 aromatic carbocycles. The fourth-order valence-electron chi connectivity index (χ4n) is 2.09. The first-order chi connectivity index (χ1) is 8.70. The number of hydrogen-bond donors (Lipinski definition) is 2. The maximum absolute atomic E-state index is 12.0. The first-order valence-corrected chi connectivity index (χ1v) is 6.31. The predicted octanol–water partition coefficient (Wildman–Crippen LogP) is 0.852. The minimum atomic E-state index is -0.135. The van der Waals surface area contributed by atoms with Crippen molar-refractivity contribution in [3.05, 3.63) is 35.4 Å². The third kappa shape index (κ3) is 3.09. The highest BCUT2D eigenvalue weighted by atomic mass is 16.5. The minimum absolute atomic E-state index is 0.0461. The topological polar surface area (TPSA) is 50.4 Å². The third-order valence-electron chi connectivity index (χ3n) is 3.36. The minimum Gasteiger partial charge on any atom is -0.380 e. The Labute approximate surface area is 108 Å². The van der Waals surface area contributed by atoms with Crippen LogP contribution in [0.15, 0.2) is 24.3 Å². The van der Waals surface area contributed by atoms with Crippen LogP contribution in [0.4, 0.5) is 0 Å². The van der Waals surface area contributed by atoms with E-state index in [-0.39, 0.29) is 18.1 Å². The highest BCUT2D eigenvalue weighted by Gasteiger charge is 2.23. The molecule has 4 heteroatoms. The van der Waals surface area contributed by atoms with Crippen LogP contribution in [0.2, 0.25) is 0 Å². The number of carbonyl (C=O) groups is 1. The number of nitrogens with one attached hydrogen (secondary N) is 2. The fraction of sp³-hybridized carbons (Fsp3) is 0.500. The Kier molecular flexibility index (Phi) is 4.33. The summed E-state index contributed by atoms with van der Waals surface area (Å²) in [6.45, 7) is 3.24. The summed E-state index contributed by atoms with van der Waals surface area (Å²) < 4.78 is 5.11.